The van der Waals surface area contributed by atoms with Crippen LogP contribution in [0.5, 0.6) is 0 Å². The highest BCUT2D eigenvalue weighted by atomic mass is 15.2. The summed E-state index contributed by atoms with van der Waals surface area (Å²) in [7, 11) is 0. The smallest absolute Gasteiger partial charge is 0.160 e. The number of nitrogens with one attached hydrogen (secondary N) is 1. The zero-order valence-electron chi connectivity index (χ0n) is 16.2. The van der Waals surface area contributed by atoms with Crippen molar-refractivity contribution < 1.29 is 0 Å². The predicted octanol–water partition coefficient (Wildman–Crippen LogP) is 3.96. The van der Waals surface area contributed by atoms with Crippen LogP contribution >= 0.6 is 0 Å². The number of nitrogens with two attached hydrogens (primary N) is 1. The molecule has 1 aliphatic rings. The van der Waals surface area contributed by atoms with Crippen LogP contribution in [0.4, 0.5) is 23.1 Å². The number of piperidine rings is 1. The van der Waals surface area contributed by atoms with Crippen LogP contribution in [-0.4, -0.2) is 28.0 Å². The van der Waals surface area contributed by atoms with Crippen LogP contribution in [-0.2, 0) is 6.42 Å². The Morgan fingerprint density at radius 1 is 1.00 bits per heavy atom. The van der Waals surface area contributed by atoms with Gasteiger partial charge in [0.15, 0.2) is 11.6 Å². The molecule has 0 saturated carbocycles. The number of benzene rings is 1. The van der Waals surface area contributed by atoms with Gasteiger partial charge in [0.05, 0.1) is 0 Å². The first-order valence-corrected chi connectivity index (χ1v) is 9.78. The second-order valence-electron chi connectivity index (χ2n) is 7.37. The standard InChI is InChI=1S/C22H26N6/c1-16-6-5-11-24-20(16)27-21-19(23)22(26-15-25-21)28-12-9-18(10-13-28)14-17-7-3-2-4-8-17/h2-8,11,15,18H,9-10,12-14,23H2,1H3,(H,24,25,26,27). The van der Waals surface area contributed by atoms with E-state index in [1.54, 1.807) is 12.5 Å². The Bertz CT molecular complexity index is 919. The van der Waals surface area contributed by atoms with E-state index in [0.717, 1.165) is 49.6 Å². The molecule has 2 aromatic heterocycles. The van der Waals surface area contributed by atoms with E-state index in [0.29, 0.717) is 17.4 Å². The topological polar surface area (TPSA) is 80.0 Å². The number of hydrogen-bond donors (Lipinski definition) is 2. The van der Waals surface area contributed by atoms with E-state index in [-0.39, 0.29) is 0 Å². The summed E-state index contributed by atoms with van der Waals surface area (Å²) in [5.41, 5.74) is 9.45. The lowest BCUT2D eigenvalue weighted by Crippen LogP contribution is -2.35. The summed E-state index contributed by atoms with van der Waals surface area (Å²) in [5.74, 6) is 2.89. The summed E-state index contributed by atoms with van der Waals surface area (Å²) >= 11 is 0. The molecular weight excluding hydrogens is 348 g/mol. The second-order valence-corrected chi connectivity index (χ2v) is 7.37. The van der Waals surface area contributed by atoms with Gasteiger partial charge in [0.2, 0.25) is 0 Å². The Labute approximate surface area is 165 Å². The molecule has 1 aliphatic heterocycles. The Balaban J connectivity index is 1.43. The molecule has 0 unspecified atom stereocenters. The third-order valence-electron chi connectivity index (χ3n) is 5.39. The van der Waals surface area contributed by atoms with Crippen molar-refractivity contribution in [2.75, 3.05) is 29.0 Å². The van der Waals surface area contributed by atoms with Gasteiger partial charge in [-0.25, -0.2) is 15.0 Å². The fraction of sp³-hybridized carbons (Fsp3) is 0.318. The molecule has 6 nitrogen and oxygen atoms in total. The summed E-state index contributed by atoms with van der Waals surface area (Å²) < 4.78 is 0. The molecule has 28 heavy (non-hydrogen) atoms. The number of nitrogen functional groups attached to an aromatic ring is 1. The molecule has 144 valence electrons. The molecule has 3 N–H and O–H groups in total. The molecule has 1 fully saturated rings. The van der Waals surface area contributed by atoms with E-state index in [4.69, 9.17) is 5.73 Å². The Kier molecular flexibility index (Phi) is 5.37. The maximum absolute atomic E-state index is 6.41. The van der Waals surface area contributed by atoms with Crippen LogP contribution in [0.3, 0.4) is 0 Å². The van der Waals surface area contributed by atoms with Gasteiger partial charge in [0, 0.05) is 19.3 Å². The molecule has 0 bridgehead atoms. The van der Waals surface area contributed by atoms with Gasteiger partial charge in [-0.1, -0.05) is 36.4 Å². The number of hydrogen-bond acceptors (Lipinski definition) is 6. The fourth-order valence-electron chi connectivity index (χ4n) is 3.76. The van der Waals surface area contributed by atoms with Crippen molar-refractivity contribution in [1.82, 2.24) is 15.0 Å². The van der Waals surface area contributed by atoms with E-state index in [9.17, 15) is 0 Å². The van der Waals surface area contributed by atoms with Crippen molar-refractivity contribution in [1.29, 1.82) is 0 Å². The van der Waals surface area contributed by atoms with E-state index in [2.05, 4.69) is 55.5 Å². The first-order valence-electron chi connectivity index (χ1n) is 9.78. The zero-order chi connectivity index (χ0) is 19.3. The minimum absolute atomic E-state index is 0.578. The van der Waals surface area contributed by atoms with Crippen molar-refractivity contribution in [2.24, 2.45) is 5.92 Å². The van der Waals surface area contributed by atoms with Gasteiger partial charge in [-0.05, 0) is 49.3 Å². The minimum Gasteiger partial charge on any atom is -0.393 e. The molecular formula is C22H26N6. The Morgan fingerprint density at radius 3 is 2.54 bits per heavy atom. The largest absolute Gasteiger partial charge is 0.393 e. The Morgan fingerprint density at radius 2 is 1.79 bits per heavy atom. The number of nitrogens with zero attached hydrogens (tertiary/aromatic N) is 4. The number of pyridine rings is 1. The average Bonchev–Trinajstić information content (AvgIpc) is 2.73. The number of aryl methyl sites for hydroxylation is 1. The van der Waals surface area contributed by atoms with Gasteiger partial charge in [0.1, 0.15) is 17.8 Å². The monoisotopic (exact) mass is 374 g/mol. The van der Waals surface area contributed by atoms with Crippen molar-refractivity contribution in [3.8, 4) is 0 Å². The third kappa shape index (κ3) is 4.06. The molecule has 3 heterocycles. The van der Waals surface area contributed by atoms with Crippen LogP contribution in [0.1, 0.15) is 24.0 Å². The quantitative estimate of drug-likeness (QED) is 0.703. The van der Waals surface area contributed by atoms with Crippen LogP contribution in [0.2, 0.25) is 0 Å². The lowest BCUT2D eigenvalue weighted by Gasteiger charge is -2.33. The van der Waals surface area contributed by atoms with Crippen molar-refractivity contribution in [3.05, 3.63) is 66.1 Å². The summed E-state index contributed by atoms with van der Waals surface area (Å²) in [6.07, 6.45) is 6.74. The molecule has 0 radical (unpaired) electrons. The highest BCUT2D eigenvalue weighted by molar-refractivity contribution is 5.78. The van der Waals surface area contributed by atoms with Crippen LogP contribution in [0, 0.1) is 12.8 Å². The van der Waals surface area contributed by atoms with Gasteiger partial charge in [-0.2, -0.15) is 0 Å². The maximum atomic E-state index is 6.41. The normalized spacial score (nSPS) is 14.8. The predicted molar refractivity (Wildman–Crippen MR) is 114 cm³/mol. The molecule has 6 heteroatoms. The van der Waals surface area contributed by atoms with Gasteiger partial charge >= 0.3 is 0 Å². The molecule has 0 amide bonds. The van der Waals surface area contributed by atoms with Gasteiger partial charge < -0.3 is 16.0 Å². The van der Waals surface area contributed by atoms with E-state index < -0.39 is 0 Å². The van der Waals surface area contributed by atoms with Gasteiger partial charge in [-0.15, -0.1) is 0 Å². The Hall–Kier alpha value is -3.15. The molecule has 1 aromatic carbocycles. The number of anilines is 4. The molecule has 0 spiro atoms. The fourth-order valence-corrected chi connectivity index (χ4v) is 3.76. The van der Waals surface area contributed by atoms with E-state index >= 15 is 0 Å². The average molecular weight is 374 g/mol. The van der Waals surface area contributed by atoms with Gasteiger partial charge in [-0.3, -0.25) is 0 Å². The molecule has 0 aliphatic carbocycles. The molecule has 1 saturated heterocycles. The van der Waals surface area contributed by atoms with Crippen molar-refractivity contribution in [2.45, 2.75) is 26.2 Å². The highest BCUT2D eigenvalue weighted by Crippen LogP contribution is 2.32. The van der Waals surface area contributed by atoms with Crippen LogP contribution in [0.25, 0.3) is 0 Å². The number of aromatic nitrogens is 3. The third-order valence-corrected chi connectivity index (χ3v) is 5.39. The molecule has 3 aromatic rings. The molecule has 4 rings (SSSR count). The summed E-state index contributed by atoms with van der Waals surface area (Å²) in [6.45, 7) is 3.92. The minimum atomic E-state index is 0.578. The zero-order valence-corrected chi connectivity index (χ0v) is 16.2. The van der Waals surface area contributed by atoms with Crippen molar-refractivity contribution in [3.63, 3.8) is 0 Å². The van der Waals surface area contributed by atoms with Crippen LogP contribution in [0.15, 0.2) is 55.0 Å². The first-order chi connectivity index (χ1) is 13.7. The molecule has 0 atom stereocenters. The lowest BCUT2D eigenvalue weighted by molar-refractivity contribution is 0.402. The first kappa shape index (κ1) is 18.2. The van der Waals surface area contributed by atoms with E-state index in [1.807, 2.05) is 19.1 Å². The van der Waals surface area contributed by atoms with Crippen molar-refractivity contribution >= 4 is 23.1 Å². The highest BCUT2D eigenvalue weighted by Gasteiger charge is 2.23. The summed E-state index contributed by atoms with van der Waals surface area (Å²) in [5, 5.41) is 3.25. The van der Waals surface area contributed by atoms with Crippen LogP contribution < -0.4 is 16.0 Å². The van der Waals surface area contributed by atoms with E-state index in [1.165, 1.54) is 5.56 Å². The number of rotatable bonds is 5. The summed E-state index contributed by atoms with van der Waals surface area (Å²) in [4.78, 5) is 15.4. The summed E-state index contributed by atoms with van der Waals surface area (Å²) in [6, 6.07) is 14.6. The maximum Gasteiger partial charge on any atom is 0.160 e. The second kappa shape index (κ2) is 8.25. The van der Waals surface area contributed by atoms with Gasteiger partial charge in [0.25, 0.3) is 0 Å². The SMILES string of the molecule is Cc1cccnc1Nc1ncnc(N2CCC(Cc3ccccc3)CC2)c1N. The lowest BCUT2D eigenvalue weighted by atomic mass is 9.90.